The van der Waals surface area contributed by atoms with Crippen LogP contribution >= 0.6 is 34.8 Å². The quantitative estimate of drug-likeness (QED) is 0.628. The summed E-state index contributed by atoms with van der Waals surface area (Å²) >= 11 is 17.7. The molecule has 2 aromatic rings. The van der Waals surface area contributed by atoms with E-state index in [1.807, 2.05) is 0 Å². The average Bonchev–Trinajstić information content (AvgIpc) is 2.58. The van der Waals surface area contributed by atoms with Gasteiger partial charge in [0.25, 0.3) is 0 Å². The predicted octanol–water partition coefficient (Wildman–Crippen LogP) is 4.93. The Morgan fingerprint density at radius 2 is 1.69 bits per heavy atom. The Balaban J connectivity index is 1.92. The summed E-state index contributed by atoms with van der Waals surface area (Å²) < 4.78 is 5.40. The second kappa shape index (κ2) is 9.12. The first-order chi connectivity index (χ1) is 12.3. The Morgan fingerprint density at radius 3 is 2.23 bits per heavy atom. The van der Waals surface area contributed by atoms with Gasteiger partial charge in [0.2, 0.25) is 5.91 Å². The third kappa shape index (κ3) is 5.80. The highest BCUT2D eigenvalue weighted by molar-refractivity contribution is 6.48. The molecule has 1 unspecified atom stereocenters. The fourth-order valence-electron chi connectivity index (χ4n) is 2.01. The lowest BCUT2D eigenvalue weighted by Crippen LogP contribution is -2.18. The van der Waals surface area contributed by atoms with Gasteiger partial charge in [0.1, 0.15) is 12.4 Å². The first-order valence-corrected chi connectivity index (χ1v) is 8.78. The molecule has 8 heteroatoms. The monoisotopic (exact) mass is 415 g/mol. The minimum atomic E-state index is -0.916. The minimum Gasteiger partial charge on any atom is -0.493 e. The number of aliphatic carboxylic acids is 1. The first-order valence-electron chi connectivity index (χ1n) is 7.65. The standard InChI is InChI=1S/C18H16Cl3NO4/c1-10(18(24)25)9-26-13-4-2-11(3-5-13)6-16(23)22-12-7-14(19)17(21)15(20)8-12/h2-5,7-8,10H,6,9H2,1H3,(H,22,23)(H,24,25). The van der Waals surface area contributed by atoms with Crippen LogP contribution in [-0.4, -0.2) is 23.6 Å². The maximum atomic E-state index is 12.1. The van der Waals surface area contributed by atoms with Crippen molar-refractivity contribution < 1.29 is 19.4 Å². The zero-order valence-electron chi connectivity index (χ0n) is 13.8. The number of halogens is 3. The molecule has 2 rings (SSSR count). The molecule has 0 saturated carbocycles. The maximum absolute atomic E-state index is 12.1. The molecule has 0 aliphatic heterocycles. The Kier molecular flexibility index (Phi) is 7.14. The van der Waals surface area contributed by atoms with Crippen molar-refractivity contribution in [2.75, 3.05) is 11.9 Å². The van der Waals surface area contributed by atoms with E-state index in [0.717, 1.165) is 5.56 Å². The zero-order chi connectivity index (χ0) is 19.3. The highest BCUT2D eigenvalue weighted by Gasteiger charge is 2.12. The van der Waals surface area contributed by atoms with Gasteiger partial charge in [-0.15, -0.1) is 0 Å². The number of carbonyl (C=O) groups excluding carboxylic acids is 1. The van der Waals surface area contributed by atoms with Crippen LogP contribution in [0.3, 0.4) is 0 Å². The maximum Gasteiger partial charge on any atom is 0.309 e. The van der Waals surface area contributed by atoms with Crippen LogP contribution in [0.1, 0.15) is 12.5 Å². The Morgan fingerprint density at radius 1 is 1.12 bits per heavy atom. The highest BCUT2D eigenvalue weighted by atomic mass is 35.5. The number of nitrogens with one attached hydrogen (secondary N) is 1. The number of benzene rings is 2. The number of anilines is 1. The lowest BCUT2D eigenvalue weighted by molar-refractivity contribution is -0.142. The molecule has 0 aromatic heterocycles. The molecule has 0 fully saturated rings. The van der Waals surface area contributed by atoms with Crippen molar-refractivity contribution in [1.82, 2.24) is 0 Å². The number of carbonyl (C=O) groups is 2. The van der Waals surface area contributed by atoms with Crippen molar-refractivity contribution in [3.63, 3.8) is 0 Å². The molecule has 5 nitrogen and oxygen atoms in total. The van der Waals surface area contributed by atoms with E-state index in [1.54, 1.807) is 31.2 Å². The van der Waals surface area contributed by atoms with Crippen LogP contribution < -0.4 is 10.1 Å². The van der Waals surface area contributed by atoms with Crippen LogP contribution in [0.2, 0.25) is 15.1 Å². The topological polar surface area (TPSA) is 75.6 Å². The number of hydrogen-bond acceptors (Lipinski definition) is 3. The smallest absolute Gasteiger partial charge is 0.309 e. The van der Waals surface area contributed by atoms with Crippen molar-refractivity contribution in [3.8, 4) is 5.75 Å². The summed E-state index contributed by atoms with van der Waals surface area (Å²) in [5.41, 5.74) is 1.23. The molecule has 0 heterocycles. The van der Waals surface area contributed by atoms with Crippen LogP contribution in [0.4, 0.5) is 5.69 Å². The molecular weight excluding hydrogens is 401 g/mol. The second-order valence-corrected chi connectivity index (χ2v) is 6.87. The summed E-state index contributed by atoms with van der Waals surface area (Å²) in [5, 5.41) is 12.3. The Labute approximate surface area is 165 Å². The van der Waals surface area contributed by atoms with E-state index in [-0.39, 0.29) is 34.0 Å². The molecular formula is C18H16Cl3NO4. The van der Waals surface area contributed by atoms with Gasteiger partial charge in [0, 0.05) is 5.69 Å². The molecule has 26 heavy (non-hydrogen) atoms. The summed E-state index contributed by atoms with van der Waals surface area (Å²) in [5.74, 6) is -1.22. The van der Waals surface area contributed by atoms with E-state index in [0.29, 0.717) is 11.4 Å². The number of amides is 1. The molecule has 0 aliphatic rings. The van der Waals surface area contributed by atoms with Crippen molar-refractivity contribution in [2.45, 2.75) is 13.3 Å². The van der Waals surface area contributed by atoms with Gasteiger partial charge in [-0.05, 0) is 36.8 Å². The number of carboxylic acid groups (broad SMARTS) is 1. The summed E-state index contributed by atoms with van der Waals surface area (Å²) in [6.07, 6.45) is 0.143. The molecule has 0 aliphatic carbocycles. The molecule has 0 saturated heterocycles. The van der Waals surface area contributed by atoms with Gasteiger partial charge < -0.3 is 15.2 Å². The second-order valence-electron chi connectivity index (χ2n) is 5.67. The van der Waals surface area contributed by atoms with Crippen molar-refractivity contribution >= 4 is 52.4 Å². The lowest BCUT2D eigenvalue weighted by Gasteiger charge is -2.10. The van der Waals surface area contributed by atoms with Gasteiger partial charge in [-0.25, -0.2) is 0 Å². The average molecular weight is 417 g/mol. The normalized spacial score (nSPS) is 11.7. The number of ether oxygens (including phenoxy) is 1. The van der Waals surface area contributed by atoms with Crippen LogP contribution in [-0.2, 0) is 16.0 Å². The van der Waals surface area contributed by atoms with Crippen molar-refractivity contribution in [3.05, 3.63) is 57.0 Å². The van der Waals surface area contributed by atoms with E-state index in [4.69, 9.17) is 44.6 Å². The van der Waals surface area contributed by atoms with Crippen LogP contribution in [0.25, 0.3) is 0 Å². The van der Waals surface area contributed by atoms with Crippen LogP contribution in [0, 0.1) is 5.92 Å². The summed E-state index contributed by atoms with van der Waals surface area (Å²) in [6.45, 7) is 1.64. The SMILES string of the molecule is CC(COc1ccc(CC(=O)Nc2cc(Cl)c(Cl)c(Cl)c2)cc1)C(=O)O. The largest absolute Gasteiger partial charge is 0.493 e. The first kappa shape index (κ1) is 20.4. The van der Waals surface area contributed by atoms with Crippen LogP contribution in [0.15, 0.2) is 36.4 Å². The molecule has 1 atom stereocenters. The van der Waals surface area contributed by atoms with Gasteiger partial charge in [-0.3, -0.25) is 9.59 Å². The fourth-order valence-corrected chi connectivity index (χ4v) is 2.61. The van der Waals surface area contributed by atoms with E-state index in [1.165, 1.54) is 12.1 Å². The molecule has 1 amide bonds. The number of rotatable bonds is 7. The number of hydrogen-bond donors (Lipinski definition) is 2. The molecule has 138 valence electrons. The van der Waals surface area contributed by atoms with Crippen LogP contribution in [0.5, 0.6) is 5.75 Å². The Hall–Kier alpha value is -1.95. The van der Waals surface area contributed by atoms with Gasteiger partial charge >= 0.3 is 5.97 Å². The summed E-state index contributed by atoms with van der Waals surface area (Å²) in [7, 11) is 0. The third-order valence-corrected chi connectivity index (χ3v) is 4.67. The molecule has 0 bridgehead atoms. The molecule has 0 spiro atoms. The highest BCUT2D eigenvalue weighted by Crippen LogP contribution is 2.33. The van der Waals surface area contributed by atoms with E-state index in [2.05, 4.69) is 5.32 Å². The predicted molar refractivity (Wildman–Crippen MR) is 103 cm³/mol. The summed E-state index contributed by atoms with van der Waals surface area (Å²) in [4.78, 5) is 22.9. The third-order valence-electron chi connectivity index (χ3n) is 3.48. The molecule has 2 aromatic carbocycles. The molecule has 2 N–H and O–H groups in total. The summed E-state index contributed by atoms with van der Waals surface area (Å²) in [6, 6.07) is 9.90. The van der Waals surface area contributed by atoms with Gasteiger partial charge in [-0.2, -0.15) is 0 Å². The minimum absolute atomic E-state index is 0.0766. The Bertz CT molecular complexity index is 786. The molecule has 0 radical (unpaired) electrons. The van der Waals surface area contributed by atoms with Crippen molar-refractivity contribution in [1.29, 1.82) is 0 Å². The number of carboxylic acids is 1. The fraction of sp³-hybridized carbons (Fsp3) is 0.222. The van der Waals surface area contributed by atoms with Gasteiger partial charge in [-0.1, -0.05) is 46.9 Å². The van der Waals surface area contributed by atoms with E-state index < -0.39 is 11.9 Å². The van der Waals surface area contributed by atoms with E-state index >= 15 is 0 Å². The zero-order valence-corrected chi connectivity index (χ0v) is 16.0. The van der Waals surface area contributed by atoms with Crippen molar-refractivity contribution in [2.24, 2.45) is 5.92 Å². The van der Waals surface area contributed by atoms with Gasteiger partial charge in [0.05, 0.1) is 27.4 Å². The van der Waals surface area contributed by atoms with Gasteiger partial charge in [0.15, 0.2) is 0 Å². The van der Waals surface area contributed by atoms with E-state index in [9.17, 15) is 9.59 Å². The lowest BCUT2D eigenvalue weighted by atomic mass is 10.1.